The molecule has 0 fully saturated rings. The predicted molar refractivity (Wildman–Crippen MR) is 83.5 cm³/mol. The van der Waals surface area contributed by atoms with Crippen LogP contribution in [0.1, 0.15) is 10.5 Å². The van der Waals surface area contributed by atoms with Crippen LogP contribution in [-0.2, 0) is 4.84 Å². The summed E-state index contributed by atoms with van der Waals surface area (Å²) in [6, 6.07) is 21.0. The molecule has 5 nitrogen and oxygen atoms in total. The molecule has 0 radical (unpaired) electrons. The quantitative estimate of drug-likeness (QED) is 0.753. The van der Waals surface area contributed by atoms with Gasteiger partial charge in [0.05, 0.1) is 18.5 Å². The normalized spacial score (nSPS) is 10.4. The number of nitrogens with zero attached hydrogens (tertiary/aromatic N) is 2. The predicted octanol–water partition coefficient (Wildman–Crippen LogP) is 2.83. The summed E-state index contributed by atoms with van der Waals surface area (Å²) in [4.78, 5) is 16.9. The maximum absolute atomic E-state index is 12.2. The minimum atomic E-state index is -0.346. The third-order valence-corrected chi connectivity index (χ3v) is 3.21. The Hall–Kier alpha value is -2.92. The van der Waals surface area contributed by atoms with Crippen LogP contribution in [0.2, 0.25) is 0 Å². The van der Waals surface area contributed by atoms with Gasteiger partial charge in [-0.25, -0.2) is 10.2 Å². The summed E-state index contributed by atoms with van der Waals surface area (Å²) in [6.45, 7) is 0. The number of para-hydroxylation sites is 1. The van der Waals surface area contributed by atoms with Crippen LogP contribution >= 0.6 is 0 Å². The van der Waals surface area contributed by atoms with Gasteiger partial charge in [0, 0.05) is 5.56 Å². The monoisotopic (exact) mass is 293 g/mol. The van der Waals surface area contributed by atoms with Gasteiger partial charge < -0.3 is 0 Å². The van der Waals surface area contributed by atoms with E-state index in [9.17, 15) is 4.79 Å². The number of aromatic nitrogens is 2. The summed E-state index contributed by atoms with van der Waals surface area (Å²) in [7, 11) is 1.40. The average molecular weight is 293 g/mol. The summed E-state index contributed by atoms with van der Waals surface area (Å²) in [5, 5.41) is 4.55. The minimum absolute atomic E-state index is 0.346. The summed E-state index contributed by atoms with van der Waals surface area (Å²) in [6.07, 6.45) is 0. The standard InChI is InChI=1S/C17H15N3O2/c1-22-19-17(21)16-12-15(13-8-4-2-5-9-13)18-20(16)14-10-6-3-7-11-14/h2-12H,1H3,(H,19,21). The highest BCUT2D eigenvalue weighted by atomic mass is 16.6. The van der Waals surface area contributed by atoms with E-state index in [1.807, 2.05) is 60.7 Å². The van der Waals surface area contributed by atoms with E-state index in [2.05, 4.69) is 10.6 Å². The topological polar surface area (TPSA) is 56.1 Å². The lowest BCUT2D eigenvalue weighted by molar-refractivity contribution is 0.0529. The van der Waals surface area contributed by atoms with Crippen molar-refractivity contribution in [2.75, 3.05) is 7.11 Å². The molecule has 1 amide bonds. The molecule has 0 aliphatic rings. The zero-order valence-electron chi connectivity index (χ0n) is 12.1. The lowest BCUT2D eigenvalue weighted by atomic mass is 10.1. The van der Waals surface area contributed by atoms with E-state index in [0.717, 1.165) is 16.9 Å². The summed E-state index contributed by atoms with van der Waals surface area (Å²) in [5.41, 5.74) is 5.23. The van der Waals surface area contributed by atoms with E-state index in [-0.39, 0.29) is 5.91 Å². The molecule has 22 heavy (non-hydrogen) atoms. The fourth-order valence-electron chi connectivity index (χ4n) is 2.20. The van der Waals surface area contributed by atoms with Gasteiger partial charge in [0.2, 0.25) is 0 Å². The largest absolute Gasteiger partial charge is 0.293 e. The number of nitrogens with one attached hydrogen (secondary N) is 1. The van der Waals surface area contributed by atoms with Crippen molar-refractivity contribution in [3.8, 4) is 16.9 Å². The van der Waals surface area contributed by atoms with E-state index in [4.69, 9.17) is 4.84 Å². The van der Waals surface area contributed by atoms with Gasteiger partial charge in [0.15, 0.2) is 0 Å². The minimum Gasteiger partial charge on any atom is -0.277 e. The average Bonchev–Trinajstić information content (AvgIpc) is 3.02. The Balaban J connectivity index is 2.11. The van der Waals surface area contributed by atoms with Crippen LogP contribution in [0, 0.1) is 0 Å². The van der Waals surface area contributed by atoms with Crippen molar-refractivity contribution in [3.05, 3.63) is 72.4 Å². The van der Waals surface area contributed by atoms with Crippen LogP contribution in [0.5, 0.6) is 0 Å². The highest BCUT2D eigenvalue weighted by molar-refractivity contribution is 5.93. The van der Waals surface area contributed by atoms with Gasteiger partial charge >= 0.3 is 0 Å². The number of carbonyl (C=O) groups is 1. The lowest BCUT2D eigenvalue weighted by Gasteiger charge is -2.06. The molecule has 3 rings (SSSR count). The fourth-order valence-corrected chi connectivity index (χ4v) is 2.20. The zero-order valence-corrected chi connectivity index (χ0v) is 12.1. The molecular formula is C17H15N3O2. The Bertz CT molecular complexity index is 767. The molecule has 1 N–H and O–H groups in total. The fraction of sp³-hybridized carbons (Fsp3) is 0.0588. The molecule has 1 heterocycles. The second kappa shape index (κ2) is 6.24. The molecule has 2 aromatic carbocycles. The number of benzene rings is 2. The molecule has 0 aliphatic carbocycles. The number of hydrogen-bond donors (Lipinski definition) is 1. The molecule has 0 saturated carbocycles. The first-order valence-corrected chi connectivity index (χ1v) is 6.84. The van der Waals surface area contributed by atoms with Crippen molar-refractivity contribution >= 4 is 5.91 Å². The van der Waals surface area contributed by atoms with E-state index >= 15 is 0 Å². The van der Waals surface area contributed by atoms with Gasteiger partial charge in [-0.3, -0.25) is 9.63 Å². The second-order valence-electron chi connectivity index (χ2n) is 4.66. The van der Waals surface area contributed by atoms with E-state index < -0.39 is 0 Å². The number of carbonyl (C=O) groups excluding carboxylic acids is 1. The van der Waals surface area contributed by atoms with Gasteiger partial charge in [0.25, 0.3) is 5.91 Å². The third kappa shape index (κ3) is 2.75. The van der Waals surface area contributed by atoms with Crippen molar-refractivity contribution in [1.82, 2.24) is 15.3 Å². The van der Waals surface area contributed by atoms with Gasteiger partial charge in [-0.15, -0.1) is 0 Å². The molecule has 0 atom stereocenters. The molecule has 0 aliphatic heterocycles. The van der Waals surface area contributed by atoms with Gasteiger partial charge in [-0.2, -0.15) is 5.10 Å². The molecule has 0 saturated heterocycles. The molecule has 0 spiro atoms. The number of rotatable bonds is 4. The number of amides is 1. The maximum Gasteiger partial charge on any atom is 0.293 e. The molecule has 0 bridgehead atoms. The van der Waals surface area contributed by atoms with Crippen LogP contribution in [0.4, 0.5) is 0 Å². The molecule has 5 heteroatoms. The summed E-state index contributed by atoms with van der Waals surface area (Å²) < 4.78 is 1.61. The van der Waals surface area contributed by atoms with Crippen molar-refractivity contribution in [2.45, 2.75) is 0 Å². The molecule has 0 unspecified atom stereocenters. The van der Waals surface area contributed by atoms with Crippen LogP contribution < -0.4 is 5.48 Å². The van der Waals surface area contributed by atoms with Gasteiger partial charge in [-0.1, -0.05) is 48.5 Å². The molecular weight excluding hydrogens is 278 g/mol. The van der Waals surface area contributed by atoms with Gasteiger partial charge in [0.1, 0.15) is 5.69 Å². The molecule has 110 valence electrons. The molecule has 3 aromatic rings. The van der Waals surface area contributed by atoms with E-state index in [1.165, 1.54) is 7.11 Å². The third-order valence-electron chi connectivity index (χ3n) is 3.21. The van der Waals surface area contributed by atoms with Crippen LogP contribution in [0.15, 0.2) is 66.7 Å². The first kappa shape index (κ1) is 14.0. The van der Waals surface area contributed by atoms with Crippen LogP contribution in [-0.4, -0.2) is 22.8 Å². The first-order valence-electron chi connectivity index (χ1n) is 6.84. The van der Waals surface area contributed by atoms with Gasteiger partial charge in [-0.05, 0) is 18.2 Å². The number of hydroxylamine groups is 1. The van der Waals surface area contributed by atoms with Crippen LogP contribution in [0.25, 0.3) is 16.9 Å². The summed E-state index contributed by atoms with van der Waals surface area (Å²) in [5.74, 6) is -0.346. The maximum atomic E-state index is 12.2. The number of hydrogen-bond acceptors (Lipinski definition) is 3. The Kier molecular flexibility index (Phi) is 3.98. The first-order chi connectivity index (χ1) is 10.8. The van der Waals surface area contributed by atoms with E-state index in [0.29, 0.717) is 5.69 Å². The van der Waals surface area contributed by atoms with Crippen molar-refractivity contribution < 1.29 is 9.63 Å². The van der Waals surface area contributed by atoms with Crippen LogP contribution in [0.3, 0.4) is 0 Å². The lowest BCUT2D eigenvalue weighted by Crippen LogP contribution is -2.24. The van der Waals surface area contributed by atoms with Crippen molar-refractivity contribution in [2.24, 2.45) is 0 Å². The Morgan fingerprint density at radius 1 is 1.05 bits per heavy atom. The SMILES string of the molecule is CONC(=O)c1cc(-c2ccccc2)nn1-c1ccccc1. The zero-order chi connectivity index (χ0) is 15.4. The highest BCUT2D eigenvalue weighted by Crippen LogP contribution is 2.21. The highest BCUT2D eigenvalue weighted by Gasteiger charge is 2.17. The Labute approximate surface area is 128 Å². The second-order valence-corrected chi connectivity index (χ2v) is 4.66. The Morgan fingerprint density at radius 3 is 2.32 bits per heavy atom. The Morgan fingerprint density at radius 2 is 1.68 bits per heavy atom. The molecule has 1 aromatic heterocycles. The van der Waals surface area contributed by atoms with E-state index in [1.54, 1.807) is 10.7 Å². The smallest absolute Gasteiger partial charge is 0.277 e. The van der Waals surface area contributed by atoms with Crippen molar-refractivity contribution in [1.29, 1.82) is 0 Å². The summed E-state index contributed by atoms with van der Waals surface area (Å²) >= 11 is 0. The van der Waals surface area contributed by atoms with Crippen molar-refractivity contribution in [3.63, 3.8) is 0 Å².